The molecule has 0 saturated carbocycles. The number of hydrogen-bond donors (Lipinski definition) is 1. The minimum absolute atomic E-state index is 0.189. The summed E-state index contributed by atoms with van der Waals surface area (Å²) < 4.78 is 12.9. The van der Waals surface area contributed by atoms with Gasteiger partial charge in [-0.3, -0.25) is 4.79 Å². The van der Waals surface area contributed by atoms with Crippen molar-refractivity contribution in [2.75, 3.05) is 13.2 Å². The number of fused-ring (bicyclic) bond motifs is 1. The summed E-state index contributed by atoms with van der Waals surface area (Å²) in [6.45, 7) is 5.45. The van der Waals surface area contributed by atoms with Gasteiger partial charge < -0.3 is 14.8 Å². The fourth-order valence-corrected chi connectivity index (χ4v) is 3.75. The van der Waals surface area contributed by atoms with Gasteiger partial charge >= 0.3 is 0 Å². The Kier molecular flexibility index (Phi) is 6.28. The Labute approximate surface area is 186 Å². The lowest BCUT2D eigenvalue weighted by Gasteiger charge is -2.20. The average Bonchev–Trinajstić information content (AvgIpc) is 3.04. The van der Waals surface area contributed by atoms with E-state index < -0.39 is 0 Å². The summed E-state index contributed by atoms with van der Waals surface area (Å²) >= 11 is 6.52. The summed E-state index contributed by atoms with van der Waals surface area (Å²) in [6.07, 6.45) is 3.19. The molecule has 2 heterocycles. The normalized spacial score (nSPS) is 13.9. The van der Waals surface area contributed by atoms with E-state index >= 15 is 0 Å². The number of rotatable bonds is 6. The summed E-state index contributed by atoms with van der Waals surface area (Å²) in [7, 11) is 0. The number of nitrogens with zero attached hydrogens (tertiary/aromatic N) is 2. The molecule has 1 aliphatic rings. The Morgan fingerprint density at radius 2 is 1.94 bits per heavy atom. The highest BCUT2D eigenvalue weighted by Gasteiger charge is 2.16. The number of aromatic nitrogens is 2. The van der Waals surface area contributed by atoms with Crippen molar-refractivity contribution in [2.45, 2.75) is 26.4 Å². The van der Waals surface area contributed by atoms with Gasteiger partial charge in [0.15, 0.2) is 11.5 Å². The number of carbonyl (C=O) groups excluding carboxylic acids is 1. The van der Waals surface area contributed by atoms with Gasteiger partial charge in [-0.15, -0.1) is 0 Å². The minimum Gasteiger partial charge on any atom is -0.486 e. The quantitative estimate of drug-likeness (QED) is 0.574. The van der Waals surface area contributed by atoms with Crippen molar-refractivity contribution in [3.8, 4) is 11.5 Å². The number of hydrogen-bond acceptors (Lipinski definition) is 4. The first-order valence-electron chi connectivity index (χ1n) is 10.2. The fourth-order valence-electron chi connectivity index (χ4n) is 3.45. The highest BCUT2D eigenvalue weighted by Crippen LogP contribution is 2.32. The van der Waals surface area contributed by atoms with Crippen LogP contribution in [0.3, 0.4) is 0 Å². The van der Waals surface area contributed by atoms with Crippen LogP contribution >= 0.6 is 11.6 Å². The van der Waals surface area contributed by atoms with Crippen molar-refractivity contribution in [3.63, 3.8) is 0 Å². The third-order valence-electron chi connectivity index (χ3n) is 5.11. The zero-order valence-electron chi connectivity index (χ0n) is 17.5. The first kappa shape index (κ1) is 21.0. The molecule has 1 aliphatic heterocycles. The molecule has 0 saturated heterocycles. The van der Waals surface area contributed by atoms with Crippen LogP contribution in [0, 0.1) is 6.92 Å². The second-order valence-electron chi connectivity index (χ2n) is 7.40. The molecule has 160 valence electrons. The van der Waals surface area contributed by atoms with Crippen molar-refractivity contribution in [1.82, 2.24) is 15.1 Å². The topological polar surface area (TPSA) is 65.4 Å². The molecule has 1 amide bonds. The number of halogens is 1. The summed E-state index contributed by atoms with van der Waals surface area (Å²) in [6, 6.07) is 15.5. The minimum atomic E-state index is -0.214. The molecule has 7 heteroatoms. The number of aryl methyl sites for hydroxylation is 1. The van der Waals surface area contributed by atoms with Gasteiger partial charge in [-0.1, -0.05) is 48.0 Å². The van der Waals surface area contributed by atoms with Gasteiger partial charge in [-0.25, -0.2) is 4.68 Å². The molecular formula is C24H24ClN3O3. The van der Waals surface area contributed by atoms with Crippen molar-refractivity contribution in [1.29, 1.82) is 0 Å². The van der Waals surface area contributed by atoms with Crippen LogP contribution in [0.2, 0.25) is 5.15 Å². The molecule has 1 unspecified atom stereocenters. The number of amides is 1. The number of ether oxygens (including phenoxy) is 2. The van der Waals surface area contributed by atoms with Gasteiger partial charge in [0, 0.05) is 11.6 Å². The predicted molar refractivity (Wildman–Crippen MR) is 121 cm³/mol. The van der Waals surface area contributed by atoms with Crippen molar-refractivity contribution in [2.24, 2.45) is 0 Å². The lowest BCUT2D eigenvalue weighted by Crippen LogP contribution is -2.25. The third-order valence-corrected chi connectivity index (χ3v) is 5.51. The van der Waals surface area contributed by atoms with Crippen LogP contribution in [0.1, 0.15) is 35.3 Å². The number of benzene rings is 2. The van der Waals surface area contributed by atoms with Crippen LogP contribution in [0.15, 0.2) is 54.6 Å². The smallest absolute Gasteiger partial charge is 0.244 e. The molecule has 0 bridgehead atoms. The van der Waals surface area contributed by atoms with Crippen molar-refractivity contribution >= 4 is 23.6 Å². The molecule has 1 aromatic heterocycles. The number of nitrogens with one attached hydrogen (secondary N) is 1. The maximum atomic E-state index is 12.5. The average molecular weight is 438 g/mol. The molecule has 0 aliphatic carbocycles. The first-order chi connectivity index (χ1) is 15.0. The Balaban J connectivity index is 1.42. The fraction of sp³-hybridized carbons (Fsp3) is 0.250. The van der Waals surface area contributed by atoms with Crippen LogP contribution in [0.25, 0.3) is 6.08 Å². The molecule has 0 radical (unpaired) electrons. The van der Waals surface area contributed by atoms with E-state index in [-0.39, 0.29) is 11.9 Å². The van der Waals surface area contributed by atoms with E-state index in [9.17, 15) is 4.79 Å². The molecule has 2 aromatic carbocycles. The Bertz CT molecular complexity index is 1110. The number of carbonyl (C=O) groups is 1. The standard InChI is InChI=1S/C24H24ClN3O3/c1-16(19-8-10-21-22(14-19)31-13-12-30-21)26-23(29)11-9-20-17(2)27-28(24(20)25)15-18-6-4-3-5-7-18/h3-11,14,16H,12-13,15H2,1-2H3,(H,26,29)/b11-9+. The second-order valence-corrected chi connectivity index (χ2v) is 7.76. The molecule has 1 N–H and O–H groups in total. The molecule has 0 spiro atoms. The van der Waals surface area contributed by atoms with Crippen LogP contribution in [0.5, 0.6) is 11.5 Å². The second kappa shape index (κ2) is 9.27. The maximum Gasteiger partial charge on any atom is 0.244 e. The van der Waals surface area contributed by atoms with E-state index in [0.717, 1.165) is 28.1 Å². The predicted octanol–water partition coefficient (Wildman–Crippen LogP) is 4.56. The first-order valence-corrected chi connectivity index (χ1v) is 10.5. The largest absolute Gasteiger partial charge is 0.486 e. The molecule has 4 rings (SSSR count). The molecule has 0 fully saturated rings. The lowest BCUT2D eigenvalue weighted by molar-refractivity contribution is -0.117. The molecule has 6 nitrogen and oxygen atoms in total. The maximum absolute atomic E-state index is 12.5. The summed E-state index contributed by atoms with van der Waals surface area (Å²) in [5.41, 5.74) is 3.55. The summed E-state index contributed by atoms with van der Waals surface area (Å²) in [4.78, 5) is 12.5. The van der Waals surface area contributed by atoms with E-state index in [0.29, 0.717) is 30.7 Å². The van der Waals surface area contributed by atoms with Crippen LogP contribution < -0.4 is 14.8 Å². The monoisotopic (exact) mass is 437 g/mol. The van der Waals surface area contributed by atoms with Crippen LogP contribution in [0.4, 0.5) is 0 Å². The van der Waals surface area contributed by atoms with Gasteiger partial charge in [0.05, 0.1) is 18.3 Å². The van der Waals surface area contributed by atoms with Crippen LogP contribution in [-0.4, -0.2) is 28.9 Å². The summed E-state index contributed by atoms with van der Waals surface area (Å²) in [5.74, 6) is 1.22. The van der Waals surface area contributed by atoms with Crippen LogP contribution in [-0.2, 0) is 11.3 Å². The van der Waals surface area contributed by atoms with Crippen molar-refractivity contribution < 1.29 is 14.3 Å². The Morgan fingerprint density at radius 3 is 2.71 bits per heavy atom. The summed E-state index contributed by atoms with van der Waals surface area (Å²) in [5, 5.41) is 7.98. The van der Waals surface area contributed by atoms with Gasteiger partial charge in [0.2, 0.25) is 5.91 Å². The van der Waals surface area contributed by atoms with E-state index in [2.05, 4.69) is 10.4 Å². The Hall–Kier alpha value is -3.25. The van der Waals surface area contributed by atoms with E-state index in [1.54, 1.807) is 10.8 Å². The third kappa shape index (κ3) is 4.91. The van der Waals surface area contributed by atoms with Gasteiger partial charge in [0.1, 0.15) is 18.4 Å². The molecule has 1 atom stereocenters. The van der Waals surface area contributed by atoms with Gasteiger partial charge in [-0.2, -0.15) is 5.10 Å². The highest BCUT2D eigenvalue weighted by molar-refractivity contribution is 6.31. The van der Waals surface area contributed by atoms with Gasteiger partial charge in [-0.05, 0) is 43.2 Å². The van der Waals surface area contributed by atoms with E-state index in [4.69, 9.17) is 21.1 Å². The van der Waals surface area contributed by atoms with E-state index in [1.807, 2.05) is 62.4 Å². The highest BCUT2D eigenvalue weighted by atomic mass is 35.5. The van der Waals surface area contributed by atoms with E-state index in [1.165, 1.54) is 6.08 Å². The van der Waals surface area contributed by atoms with Gasteiger partial charge in [0.25, 0.3) is 0 Å². The zero-order chi connectivity index (χ0) is 21.8. The molecule has 31 heavy (non-hydrogen) atoms. The molecule has 3 aromatic rings. The Morgan fingerprint density at radius 1 is 1.19 bits per heavy atom. The molecular weight excluding hydrogens is 414 g/mol. The SMILES string of the molecule is Cc1nn(Cc2ccccc2)c(Cl)c1/C=C/C(=O)NC(C)c1ccc2c(c1)OCCO2. The van der Waals surface area contributed by atoms with Crippen molar-refractivity contribution in [3.05, 3.63) is 82.1 Å². The zero-order valence-corrected chi connectivity index (χ0v) is 18.2. The lowest BCUT2D eigenvalue weighted by atomic mass is 10.1.